The van der Waals surface area contributed by atoms with Gasteiger partial charge in [-0.2, -0.15) is 0 Å². The molecule has 12 heavy (non-hydrogen) atoms. The lowest BCUT2D eigenvalue weighted by atomic mass is 9.91. The van der Waals surface area contributed by atoms with Crippen molar-refractivity contribution in [2.45, 2.75) is 68.2 Å². The van der Waals surface area contributed by atoms with Crippen molar-refractivity contribution >= 4 is 0 Å². The van der Waals surface area contributed by atoms with Crippen LogP contribution in [0.15, 0.2) is 0 Å². The summed E-state index contributed by atoms with van der Waals surface area (Å²) in [5.41, 5.74) is 0. The summed E-state index contributed by atoms with van der Waals surface area (Å²) in [5, 5.41) is 0. The SMILES string of the molecule is CC.CC.CCC(CC)C(C)C. The van der Waals surface area contributed by atoms with Gasteiger partial charge in [0.1, 0.15) is 0 Å². The van der Waals surface area contributed by atoms with Gasteiger partial charge in [-0.25, -0.2) is 0 Å². The van der Waals surface area contributed by atoms with E-state index >= 15 is 0 Å². The molecule has 0 aliphatic carbocycles. The van der Waals surface area contributed by atoms with Crippen molar-refractivity contribution in [1.82, 2.24) is 0 Å². The van der Waals surface area contributed by atoms with Crippen LogP contribution in [0, 0.1) is 11.8 Å². The molecule has 78 valence electrons. The molecule has 0 heterocycles. The Morgan fingerprint density at radius 2 is 1.00 bits per heavy atom. The summed E-state index contributed by atoms with van der Waals surface area (Å²) in [5.74, 6) is 1.83. The molecule has 0 unspecified atom stereocenters. The first-order chi connectivity index (χ1) is 5.72. The van der Waals surface area contributed by atoms with E-state index in [1.807, 2.05) is 27.7 Å². The van der Waals surface area contributed by atoms with Crippen molar-refractivity contribution in [3.8, 4) is 0 Å². The summed E-state index contributed by atoms with van der Waals surface area (Å²) >= 11 is 0. The van der Waals surface area contributed by atoms with E-state index in [-0.39, 0.29) is 0 Å². The van der Waals surface area contributed by atoms with Crippen LogP contribution < -0.4 is 0 Å². The van der Waals surface area contributed by atoms with Crippen molar-refractivity contribution in [3.05, 3.63) is 0 Å². The Hall–Kier alpha value is 0. The lowest BCUT2D eigenvalue weighted by molar-refractivity contribution is 0.362. The average Bonchev–Trinajstić information content (AvgIpc) is 2.13. The fourth-order valence-corrected chi connectivity index (χ4v) is 1.23. The Morgan fingerprint density at radius 3 is 1.00 bits per heavy atom. The Balaban J connectivity index is -0.000000175. The van der Waals surface area contributed by atoms with Gasteiger partial charge >= 0.3 is 0 Å². The zero-order chi connectivity index (χ0) is 10.6. The molecule has 0 N–H and O–H groups in total. The molecule has 0 atom stereocenters. The summed E-state index contributed by atoms with van der Waals surface area (Å²) in [6, 6.07) is 0. The smallest absolute Gasteiger partial charge is 0.0396 e. The van der Waals surface area contributed by atoms with Crippen LogP contribution in [-0.4, -0.2) is 0 Å². The van der Waals surface area contributed by atoms with E-state index in [0.717, 1.165) is 11.8 Å². The Kier molecular flexibility index (Phi) is 25.7. The minimum Gasteiger partial charge on any atom is -0.0683 e. The fraction of sp³-hybridized carbons (Fsp3) is 1.00. The van der Waals surface area contributed by atoms with Crippen LogP contribution >= 0.6 is 0 Å². The molecule has 0 aliphatic rings. The molecular weight excluding hydrogens is 144 g/mol. The van der Waals surface area contributed by atoms with Crippen LogP contribution in [0.3, 0.4) is 0 Å². The van der Waals surface area contributed by atoms with Gasteiger partial charge in [-0.1, -0.05) is 68.2 Å². The summed E-state index contributed by atoms with van der Waals surface area (Å²) in [6.07, 6.45) is 2.68. The van der Waals surface area contributed by atoms with E-state index in [9.17, 15) is 0 Å². The maximum Gasteiger partial charge on any atom is -0.0396 e. The maximum atomic E-state index is 2.30. The van der Waals surface area contributed by atoms with E-state index in [2.05, 4.69) is 27.7 Å². The van der Waals surface area contributed by atoms with Crippen LogP contribution in [-0.2, 0) is 0 Å². The van der Waals surface area contributed by atoms with Crippen LogP contribution in [0.25, 0.3) is 0 Å². The zero-order valence-electron chi connectivity index (χ0n) is 10.6. The van der Waals surface area contributed by atoms with Crippen LogP contribution in [0.2, 0.25) is 0 Å². The first-order valence-corrected chi connectivity index (χ1v) is 5.72. The predicted molar refractivity (Wildman–Crippen MR) is 61.6 cm³/mol. The maximum absolute atomic E-state index is 2.30. The van der Waals surface area contributed by atoms with Crippen molar-refractivity contribution < 1.29 is 0 Å². The molecule has 0 radical (unpaired) electrons. The molecule has 0 spiro atoms. The molecule has 0 aliphatic heterocycles. The highest BCUT2D eigenvalue weighted by atomic mass is 14.1. The molecule has 0 aromatic rings. The van der Waals surface area contributed by atoms with Gasteiger partial charge in [-0.3, -0.25) is 0 Å². The van der Waals surface area contributed by atoms with Gasteiger partial charge in [-0.05, 0) is 11.8 Å². The molecule has 0 nitrogen and oxygen atoms in total. The summed E-state index contributed by atoms with van der Waals surface area (Å²) in [7, 11) is 0. The first kappa shape index (κ1) is 17.9. The van der Waals surface area contributed by atoms with Crippen molar-refractivity contribution in [2.24, 2.45) is 11.8 Å². The molecular formula is C12H30. The van der Waals surface area contributed by atoms with Crippen molar-refractivity contribution in [1.29, 1.82) is 0 Å². The molecule has 0 fully saturated rings. The van der Waals surface area contributed by atoms with Gasteiger partial charge in [0.25, 0.3) is 0 Å². The quantitative estimate of drug-likeness (QED) is 0.556. The van der Waals surface area contributed by atoms with Crippen molar-refractivity contribution in [2.75, 3.05) is 0 Å². The highest BCUT2D eigenvalue weighted by Gasteiger charge is 2.06. The topological polar surface area (TPSA) is 0 Å². The number of hydrogen-bond acceptors (Lipinski definition) is 0. The van der Waals surface area contributed by atoms with Crippen molar-refractivity contribution in [3.63, 3.8) is 0 Å². The molecule has 0 saturated carbocycles. The minimum atomic E-state index is 0.880. The molecule has 0 aromatic heterocycles. The standard InChI is InChI=1S/C8H18.2C2H6/c1-5-8(6-2)7(3)4;2*1-2/h7-8H,5-6H2,1-4H3;2*1-2H3. The van der Waals surface area contributed by atoms with Gasteiger partial charge in [0.2, 0.25) is 0 Å². The Bertz CT molecular complexity index is 42.0. The second-order valence-corrected chi connectivity index (χ2v) is 2.82. The van der Waals surface area contributed by atoms with E-state index in [1.54, 1.807) is 0 Å². The average molecular weight is 174 g/mol. The molecule has 0 amide bonds. The van der Waals surface area contributed by atoms with E-state index in [4.69, 9.17) is 0 Å². The normalized spacial score (nSPS) is 8.50. The van der Waals surface area contributed by atoms with Gasteiger partial charge in [-0.15, -0.1) is 0 Å². The largest absolute Gasteiger partial charge is 0.0683 e. The lowest BCUT2D eigenvalue weighted by Crippen LogP contribution is -2.04. The molecule has 0 aromatic carbocycles. The molecule has 0 bridgehead atoms. The number of hydrogen-bond donors (Lipinski definition) is 0. The molecule has 0 heteroatoms. The van der Waals surface area contributed by atoms with Gasteiger partial charge < -0.3 is 0 Å². The Labute approximate surface area is 80.8 Å². The van der Waals surface area contributed by atoms with E-state index < -0.39 is 0 Å². The monoisotopic (exact) mass is 174 g/mol. The molecule has 0 rings (SSSR count). The lowest BCUT2D eigenvalue weighted by Gasteiger charge is -2.15. The summed E-state index contributed by atoms with van der Waals surface area (Å²) in [4.78, 5) is 0. The third-order valence-corrected chi connectivity index (χ3v) is 1.99. The van der Waals surface area contributed by atoms with Crippen LogP contribution in [0.1, 0.15) is 68.2 Å². The van der Waals surface area contributed by atoms with Crippen LogP contribution in [0.5, 0.6) is 0 Å². The highest BCUT2D eigenvalue weighted by Crippen LogP contribution is 2.17. The van der Waals surface area contributed by atoms with Crippen LogP contribution in [0.4, 0.5) is 0 Å². The first-order valence-electron chi connectivity index (χ1n) is 5.72. The molecule has 0 saturated heterocycles. The third-order valence-electron chi connectivity index (χ3n) is 1.99. The van der Waals surface area contributed by atoms with E-state index in [1.165, 1.54) is 12.8 Å². The second-order valence-electron chi connectivity index (χ2n) is 2.82. The highest BCUT2D eigenvalue weighted by molar-refractivity contribution is 4.57. The third kappa shape index (κ3) is 12.7. The Morgan fingerprint density at radius 1 is 0.750 bits per heavy atom. The van der Waals surface area contributed by atoms with E-state index in [0.29, 0.717) is 0 Å². The minimum absolute atomic E-state index is 0.880. The van der Waals surface area contributed by atoms with Gasteiger partial charge in [0, 0.05) is 0 Å². The fourth-order valence-electron chi connectivity index (χ4n) is 1.23. The number of rotatable bonds is 3. The predicted octanol–water partition coefficient (Wildman–Crippen LogP) is 5.13. The second kappa shape index (κ2) is 17.2. The zero-order valence-corrected chi connectivity index (χ0v) is 10.6. The summed E-state index contributed by atoms with van der Waals surface area (Å²) in [6.45, 7) is 17.2. The van der Waals surface area contributed by atoms with Gasteiger partial charge in [0.05, 0.1) is 0 Å². The van der Waals surface area contributed by atoms with Gasteiger partial charge in [0.15, 0.2) is 0 Å². The summed E-state index contributed by atoms with van der Waals surface area (Å²) < 4.78 is 0.